The van der Waals surface area contributed by atoms with Crippen LogP contribution in [0.1, 0.15) is 15.9 Å². The van der Waals surface area contributed by atoms with Gasteiger partial charge in [0.2, 0.25) is 0 Å². The van der Waals surface area contributed by atoms with Crippen LogP contribution in [0.5, 0.6) is 0 Å². The van der Waals surface area contributed by atoms with Gasteiger partial charge in [0.15, 0.2) is 5.78 Å². The Balaban J connectivity index is 2.24. The van der Waals surface area contributed by atoms with Gasteiger partial charge >= 0.3 is 6.03 Å². The van der Waals surface area contributed by atoms with E-state index in [2.05, 4.69) is 5.32 Å². The van der Waals surface area contributed by atoms with E-state index < -0.39 is 0 Å². The van der Waals surface area contributed by atoms with Gasteiger partial charge in [-0.1, -0.05) is 23.2 Å². The zero-order valence-corrected chi connectivity index (χ0v) is 13.6. The summed E-state index contributed by atoms with van der Waals surface area (Å²) in [4.78, 5) is 25.4. The van der Waals surface area contributed by atoms with Gasteiger partial charge in [-0.25, -0.2) is 4.79 Å². The van der Waals surface area contributed by atoms with Gasteiger partial charge in [0.05, 0.1) is 5.02 Å². The summed E-state index contributed by atoms with van der Waals surface area (Å²) in [5.41, 5.74) is 1.39. The molecule has 0 aliphatic rings. The summed E-state index contributed by atoms with van der Waals surface area (Å²) >= 11 is 12.0. The molecule has 0 aromatic heterocycles. The van der Waals surface area contributed by atoms with Crippen molar-refractivity contribution in [2.24, 2.45) is 0 Å². The quantitative estimate of drug-likeness (QED) is 0.848. The average molecular weight is 337 g/mol. The largest absolute Gasteiger partial charge is 0.331 e. The highest BCUT2D eigenvalue weighted by molar-refractivity contribution is 6.35. The minimum absolute atomic E-state index is 0.202. The van der Waals surface area contributed by atoms with Gasteiger partial charge in [-0.3, -0.25) is 4.79 Å². The normalized spacial score (nSPS) is 10.2. The number of halogens is 2. The zero-order valence-electron chi connectivity index (χ0n) is 12.1. The standard InChI is InChI=1S/C16H14Cl2N2O2/c1-20(2)16(22)19-12-7-8-13(14(18)9-12)15(21)10-3-5-11(17)6-4-10/h3-9H,1-2H3,(H,19,22). The molecule has 0 heterocycles. The van der Waals surface area contributed by atoms with Crippen LogP contribution in [0.25, 0.3) is 0 Å². The molecular formula is C16H14Cl2N2O2. The average Bonchev–Trinajstić information content (AvgIpc) is 2.47. The second-order valence-corrected chi connectivity index (χ2v) is 5.70. The third-order valence-electron chi connectivity index (χ3n) is 2.98. The summed E-state index contributed by atoms with van der Waals surface area (Å²) in [5, 5.41) is 3.50. The van der Waals surface area contributed by atoms with Crippen LogP contribution >= 0.6 is 23.2 Å². The lowest BCUT2D eigenvalue weighted by Crippen LogP contribution is -2.27. The molecule has 2 aromatic rings. The van der Waals surface area contributed by atoms with Crippen molar-refractivity contribution >= 4 is 40.7 Å². The Labute approximate surface area is 138 Å². The maximum atomic E-state index is 12.4. The molecule has 0 aliphatic heterocycles. The van der Waals surface area contributed by atoms with E-state index in [0.717, 1.165) is 0 Å². The lowest BCUT2D eigenvalue weighted by atomic mass is 10.0. The number of benzene rings is 2. The molecule has 0 radical (unpaired) electrons. The summed E-state index contributed by atoms with van der Waals surface area (Å²) in [6.07, 6.45) is 0. The van der Waals surface area contributed by atoms with Crippen molar-refractivity contribution in [1.29, 1.82) is 0 Å². The number of carbonyl (C=O) groups excluding carboxylic acids is 2. The Kier molecular flexibility index (Phi) is 5.06. The first-order valence-corrected chi connectivity index (χ1v) is 7.22. The number of amides is 2. The molecule has 0 saturated heterocycles. The topological polar surface area (TPSA) is 49.4 Å². The van der Waals surface area contributed by atoms with Gasteiger partial charge in [0.25, 0.3) is 0 Å². The molecule has 0 fully saturated rings. The van der Waals surface area contributed by atoms with E-state index in [0.29, 0.717) is 21.8 Å². The first-order chi connectivity index (χ1) is 10.4. The molecule has 0 aliphatic carbocycles. The monoisotopic (exact) mass is 336 g/mol. The smallest absolute Gasteiger partial charge is 0.321 e. The number of anilines is 1. The van der Waals surface area contributed by atoms with E-state index in [1.54, 1.807) is 56.6 Å². The van der Waals surface area contributed by atoms with E-state index in [1.165, 1.54) is 4.90 Å². The molecule has 114 valence electrons. The van der Waals surface area contributed by atoms with Crippen molar-refractivity contribution in [1.82, 2.24) is 4.90 Å². The second kappa shape index (κ2) is 6.81. The first kappa shape index (κ1) is 16.3. The predicted molar refractivity (Wildman–Crippen MR) is 89.0 cm³/mol. The van der Waals surface area contributed by atoms with Crippen LogP contribution in [-0.2, 0) is 0 Å². The third-order valence-corrected chi connectivity index (χ3v) is 3.54. The number of nitrogens with zero attached hydrogens (tertiary/aromatic N) is 1. The van der Waals surface area contributed by atoms with Gasteiger partial charge in [0.1, 0.15) is 0 Å². The number of hydrogen-bond donors (Lipinski definition) is 1. The van der Waals surface area contributed by atoms with Gasteiger partial charge in [-0.05, 0) is 42.5 Å². The Hall–Kier alpha value is -2.04. The second-order valence-electron chi connectivity index (χ2n) is 4.86. The van der Waals surface area contributed by atoms with E-state index >= 15 is 0 Å². The molecule has 0 atom stereocenters. The number of hydrogen-bond acceptors (Lipinski definition) is 2. The van der Waals surface area contributed by atoms with Crippen molar-refractivity contribution in [2.45, 2.75) is 0 Å². The lowest BCUT2D eigenvalue weighted by Gasteiger charge is -2.13. The van der Waals surface area contributed by atoms with Crippen molar-refractivity contribution in [3.63, 3.8) is 0 Å². The number of rotatable bonds is 3. The van der Waals surface area contributed by atoms with E-state index in [-0.39, 0.29) is 16.8 Å². The predicted octanol–water partition coefficient (Wildman–Crippen LogP) is 4.32. The highest BCUT2D eigenvalue weighted by atomic mass is 35.5. The minimum atomic E-state index is -0.271. The fraction of sp³-hybridized carbons (Fsp3) is 0.125. The molecule has 1 N–H and O–H groups in total. The summed E-state index contributed by atoms with van der Waals surface area (Å²) < 4.78 is 0. The van der Waals surface area contributed by atoms with Gasteiger partial charge in [-0.15, -0.1) is 0 Å². The van der Waals surface area contributed by atoms with Gasteiger partial charge in [0, 0.05) is 35.9 Å². The Bertz CT molecular complexity index is 713. The summed E-state index contributed by atoms with van der Waals surface area (Å²) in [6, 6.07) is 11.1. The minimum Gasteiger partial charge on any atom is -0.331 e. The van der Waals surface area contributed by atoms with Crippen LogP contribution in [0, 0.1) is 0 Å². The molecule has 0 spiro atoms. The molecule has 2 amide bonds. The Morgan fingerprint density at radius 1 is 1.00 bits per heavy atom. The maximum Gasteiger partial charge on any atom is 0.321 e. The highest BCUT2D eigenvalue weighted by Crippen LogP contribution is 2.24. The number of urea groups is 1. The number of nitrogens with one attached hydrogen (secondary N) is 1. The number of carbonyl (C=O) groups is 2. The van der Waals surface area contributed by atoms with Crippen LogP contribution in [0.3, 0.4) is 0 Å². The molecule has 2 aromatic carbocycles. The van der Waals surface area contributed by atoms with Crippen LogP contribution in [0.2, 0.25) is 10.0 Å². The highest BCUT2D eigenvalue weighted by Gasteiger charge is 2.14. The molecular weight excluding hydrogens is 323 g/mol. The van der Waals surface area contributed by atoms with E-state index in [1.807, 2.05) is 0 Å². The van der Waals surface area contributed by atoms with Crippen molar-refractivity contribution in [3.05, 3.63) is 63.6 Å². The first-order valence-electron chi connectivity index (χ1n) is 6.46. The van der Waals surface area contributed by atoms with Crippen LogP contribution in [0.15, 0.2) is 42.5 Å². The van der Waals surface area contributed by atoms with Crippen molar-refractivity contribution in [3.8, 4) is 0 Å². The van der Waals surface area contributed by atoms with E-state index in [4.69, 9.17) is 23.2 Å². The summed E-state index contributed by atoms with van der Waals surface area (Å²) in [6.45, 7) is 0. The molecule has 2 rings (SSSR count). The van der Waals surface area contributed by atoms with Crippen molar-refractivity contribution < 1.29 is 9.59 Å². The Morgan fingerprint density at radius 2 is 1.64 bits per heavy atom. The summed E-state index contributed by atoms with van der Waals surface area (Å²) in [5.74, 6) is -0.202. The van der Waals surface area contributed by atoms with E-state index in [9.17, 15) is 9.59 Å². The molecule has 4 nitrogen and oxygen atoms in total. The molecule has 0 saturated carbocycles. The third kappa shape index (κ3) is 3.78. The molecule has 0 unspecified atom stereocenters. The van der Waals surface area contributed by atoms with Crippen LogP contribution in [0.4, 0.5) is 10.5 Å². The number of ketones is 1. The molecule has 6 heteroatoms. The fourth-order valence-electron chi connectivity index (χ4n) is 1.77. The molecule has 22 heavy (non-hydrogen) atoms. The van der Waals surface area contributed by atoms with Crippen molar-refractivity contribution in [2.75, 3.05) is 19.4 Å². The van der Waals surface area contributed by atoms with Gasteiger partial charge < -0.3 is 10.2 Å². The zero-order chi connectivity index (χ0) is 16.3. The van der Waals surface area contributed by atoms with Gasteiger partial charge in [-0.2, -0.15) is 0 Å². The van der Waals surface area contributed by atoms with Crippen LogP contribution in [-0.4, -0.2) is 30.8 Å². The lowest BCUT2D eigenvalue weighted by molar-refractivity contribution is 0.103. The SMILES string of the molecule is CN(C)C(=O)Nc1ccc(C(=O)c2ccc(Cl)cc2)c(Cl)c1. The Morgan fingerprint density at radius 3 is 2.18 bits per heavy atom. The molecule has 0 bridgehead atoms. The summed E-state index contributed by atoms with van der Waals surface area (Å²) in [7, 11) is 3.27. The maximum absolute atomic E-state index is 12.4. The van der Waals surface area contributed by atoms with Crippen LogP contribution < -0.4 is 5.32 Å². The fourth-order valence-corrected chi connectivity index (χ4v) is 2.16.